The molecule has 1 aliphatic rings. The summed E-state index contributed by atoms with van der Waals surface area (Å²) < 4.78 is 18.9. The van der Waals surface area contributed by atoms with Crippen LogP contribution in [0.2, 0.25) is 0 Å². The number of hydrogen-bond acceptors (Lipinski definition) is 5. The molecule has 1 saturated heterocycles. The van der Waals surface area contributed by atoms with Crippen LogP contribution in [0.3, 0.4) is 0 Å². The van der Waals surface area contributed by atoms with E-state index in [0.29, 0.717) is 25.9 Å². The maximum atomic E-state index is 13.8. The second kappa shape index (κ2) is 7.11. The molecule has 0 aliphatic carbocycles. The molecule has 0 radical (unpaired) electrons. The average Bonchev–Trinajstić information content (AvgIpc) is 2.99. The fraction of sp³-hybridized carbons (Fsp3) is 0.412. The highest BCUT2D eigenvalue weighted by Gasteiger charge is 2.28. The van der Waals surface area contributed by atoms with Gasteiger partial charge in [-0.25, -0.2) is 4.39 Å². The zero-order valence-corrected chi connectivity index (χ0v) is 13.1. The molecule has 2 aromatic rings. The predicted molar refractivity (Wildman–Crippen MR) is 83.6 cm³/mol. The Morgan fingerprint density at radius 2 is 2.08 bits per heavy atom. The molecule has 3 rings (SSSR count). The Balaban J connectivity index is 1.75. The molecule has 2 N–H and O–H groups in total. The molecule has 6 nitrogen and oxygen atoms in total. The normalized spacial score (nSPS) is 21.5. The Bertz CT molecular complexity index is 718. The van der Waals surface area contributed by atoms with Crippen LogP contribution in [0.25, 0.3) is 11.3 Å². The van der Waals surface area contributed by atoms with Crippen molar-refractivity contribution in [2.24, 2.45) is 5.92 Å². The zero-order valence-electron chi connectivity index (χ0n) is 13.1. The molecule has 1 amide bonds. The number of halogens is 1. The molecule has 0 bridgehead atoms. The van der Waals surface area contributed by atoms with Gasteiger partial charge in [0.15, 0.2) is 0 Å². The van der Waals surface area contributed by atoms with Gasteiger partial charge in [-0.3, -0.25) is 4.79 Å². The van der Waals surface area contributed by atoms with Crippen molar-refractivity contribution in [2.75, 3.05) is 19.7 Å². The first kappa shape index (κ1) is 16.6. The van der Waals surface area contributed by atoms with E-state index in [1.807, 2.05) is 0 Å². The molecule has 1 fully saturated rings. The fourth-order valence-corrected chi connectivity index (χ4v) is 2.89. The van der Waals surface area contributed by atoms with Gasteiger partial charge in [-0.2, -0.15) is 0 Å². The summed E-state index contributed by atoms with van der Waals surface area (Å²) in [6.07, 6.45) is 0.278. The van der Waals surface area contributed by atoms with Gasteiger partial charge in [0.2, 0.25) is 5.76 Å². The summed E-state index contributed by atoms with van der Waals surface area (Å²) >= 11 is 0. The Hall–Kier alpha value is -2.25. The SMILES string of the molecule is O=C(c1cc(-c2ccccc2F)no1)N1CCC(O)C(CO)CC1. The van der Waals surface area contributed by atoms with Gasteiger partial charge in [0.05, 0.1) is 6.10 Å². The minimum atomic E-state index is -0.628. The molecule has 0 saturated carbocycles. The number of likely N-dealkylation sites (tertiary alicyclic amines) is 1. The number of benzene rings is 1. The van der Waals surface area contributed by atoms with E-state index >= 15 is 0 Å². The van der Waals surface area contributed by atoms with Crippen molar-refractivity contribution in [3.63, 3.8) is 0 Å². The Kier molecular flexibility index (Phi) is 4.92. The van der Waals surface area contributed by atoms with Crippen molar-refractivity contribution in [2.45, 2.75) is 18.9 Å². The number of carbonyl (C=O) groups excluding carboxylic acids is 1. The van der Waals surface area contributed by atoms with Crippen LogP contribution in [0.1, 0.15) is 23.4 Å². The van der Waals surface area contributed by atoms with Crippen LogP contribution in [0.5, 0.6) is 0 Å². The highest BCUT2D eigenvalue weighted by Crippen LogP contribution is 2.24. The first-order chi connectivity index (χ1) is 11.6. The Labute approximate surface area is 138 Å². The maximum absolute atomic E-state index is 13.8. The first-order valence-corrected chi connectivity index (χ1v) is 7.90. The molecule has 1 aromatic heterocycles. The smallest absolute Gasteiger partial charge is 0.292 e. The lowest BCUT2D eigenvalue weighted by Gasteiger charge is -2.18. The van der Waals surface area contributed by atoms with Crippen LogP contribution in [0.15, 0.2) is 34.9 Å². The van der Waals surface area contributed by atoms with Crippen molar-refractivity contribution in [3.05, 3.63) is 41.9 Å². The van der Waals surface area contributed by atoms with Gasteiger partial charge in [0.25, 0.3) is 5.91 Å². The van der Waals surface area contributed by atoms with E-state index in [2.05, 4.69) is 5.16 Å². The minimum Gasteiger partial charge on any atom is -0.396 e. The van der Waals surface area contributed by atoms with E-state index in [1.54, 1.807) is 23.1 Å². The number of rotatable bonds is 3. The van der Waals surface area contributed by atoms with E-state index in [-0.39, 0.29) is 35.4 Å². The summed E-state index contributed by atoms with van der Waals surface area (Å²) in [5.74, 6) is -0.985. The number of nitrogens with zero attached hydrogens (tertiary/aromatic N) is 2. The standard InChI is InChI=1S/C17H19FN2O4/c18-13-4-2-1-3-12(13)14-9-16(24-19-14)17(23)20-7-5-11(10-21)15(22)6-8-20/h1-4,9,11,15,21-22H,5-8,10H2. The number of hydrogen-bond donors (Lipinski definition) is 2. The van der Waals surface area contributed by atoms with E-state index in [0.717, 1.165) is 0 Å². The molecule has 1 aromatic carbocycles. The van der Waals surface area contributed by atoms with Crippen LogP contribution >= 0.6 is 0 Å². The summed E-state index contributed by atoms with van der Waals surface area (Å²) in [4.78, 5) is 14.1. The molecule has 0 spiro atoms. The number of carbonyl (C=O) groups is 1. The highest BCUT2D eigenvalue weighted by molar-refractivity contribution is 5.92. The number of aromatic nitrogens is 1. The van der Waals surface area contributed by atoms with Gasteiger partial charge in [0, 0.05) is 37.2 Å². The minimum absolute atomic E-state index is 0.0326. The molecule has 128 valence electrons. The molecule has 24 heavy (non-hydrogen) atoms. The van der Waals surface area contributed by atoms with E-state index in [9.17, 15) is 19.4 Å². The Morgan fingerprint density at radius 3 is 2.83 bits per heavy atom. The largest absolute Gasteiger partial charge is 0.396 e. The quantitative estimate of drug-likeness (QED) is 0.892. The van der Waals surface area contributed by atoms with Crippen LogP contribution in [-0.2, 0) is 0 Å². The second-order valence-electron chi connectivity index (χ2n) is 5.94. The molecular weight excluding hydrogens is 315 g/mol. The average molecular weight is 334 g/mol. The highest BCUT2D eigenvalue weighted by atomic mass is 19.1. The van der Waals surface area contributed by atoms with E-state index in [1.165, 1.54) is 12.1 Å². The second-order valence-corrected chi connectivity index (χ2v) is 5.94. The monoisotopic (exact) mass is 334 g/mol. The van der Waals surface area contributed by atoms with Crippen molar-refractivity contribution in [1.82, 2.24) is 10.1 Å². The van der Waals surface area contributed by atoms with Gasteiger partial charge in [0.1, 0.15) is 11.5 Å². The first-order valence-electron chi connectivity index (χ1n) is 7.90. The lowest BCUT2D eigenvalue weighted by atomic mass is 9.99. The summed E-state index contributed by atoms with van der Waals surface area (Å²) in [6.45, 7) is 0.673. The van der Waals surface area contributed by atoms with Crippen molar-refractivity contribution in [3.8, 4) is 11.3 Å². The maximum Gasteiger partial charge on any atom is 0.292 e. The zero-order chi connectivity index (χ0) is 17.1. The van der Waals surface area contributed by atoms with Crippen LogP contribution in [0.4, 0.5) is 4.39 Å². The van der Waals surface area contributed by atoms with Gasteiger partial charge >= 0.3 is 0 Å². The van der Waals surface area contributed by atoms with E-state index < -0.39 is 11.9 Å². The van der Waals surface area contributed by atoms with Gasteiger partial charge in [-0.1, -0.05) is 17.3 Å². The van der Waals surface area contributed by atoms with Crippen molar-refractivity contribution < 1.29 is 23.9 Å². The molecule has 1 aliphatic heterocycles. The number of aliphatic hydroxyl groups is 2. The van der Waals surface area contributed by atoms with Crippen LogP contribution in [-0.4, -0.2) is 52.0 Å². The van der Waals surface area contributed by atoms with Crippen LogP contribution < -0.4 is 0 Å². The van der Waals surface area contributed by atoms with E-state index in [4.69, 9.17) is 4.52 Å². The predicted octanol–water partition coefficient (Wildman–Crippen LogP) is 1.69. The third kappa shape index (κ3) is 3.32. The third-order valence-electron chi connectivity index (χ3n) is 4.40. The lowest BCUT2D eigenvalue weighted by Crippen LogP contribution is -2.32. The molecule has 2 atom stereocenters. The molecule has 2 heterocycles. The summed E-state index contributed by atoms with van der Waals surface area (Å²) in [5, 5.41) is 23.0. The van der Waals surface area contributed by atoms with Crippen molar-refractivity contribution >= 4 is 5.91 Å². The summed E-state index contributed by atoms with van der Waals surface area (Å²) in [6, 6.07) is 7.56. The lowest BCUT2D eigenvalue weighted by molar-refractivity contribution is 0.0649. The molecular formula is C17H19FN2O4. The van der Waals surface area contributed by atoms with Gasteiger partial charge in [-0.15, -0.1) is 0 Å². The Morgan fingerprint density at radius 1 is 1.33 bits per heavy atom. The van der Waals surface area contributed by atoms with Crippen molar-refractivity contribution in [1.29, 1.82) is 0 Å². The molecule has 7 heteroatoms. The summed E-state index contributed by atoms with van der Waals surface area (Å²) in [5.41, 5.74) is 0.534. The number of amides is 1. The molecule has 2 unspecified atom stereocenters. The van der Waals surface area contributed by atoms with Crippen LogP contribution in [0, 0.1) is 11.7 Å². The van der Waals surface area contributed by atoms with Gasteiger partial charge < -0.3 is 19.6 Å². The topological polar surface area (TPSA) is 86.8 Å². The number of aliphatic hydroxyl groups excluding tert-OH is 2. The fourth-order valence-electron chi connectivity index (χ4n) is 2.89. The summed E-state index contributed by atoms with van der Waals surface area (Å²) in [7, 11) is 0. The third-order valence-corrected chi connectivity index (χ3v) is 4.40. The van der Waals surface area contributed by atoms with Gasteiger partial charge in [-0.05, 0) is 25.0 Å².